The maximum Gasteiger partial charge on any atom is 0.0716 e. The highest BCUT2D eigenvalue weighted by Crippen LogP contribution is 2.53. The molecule has 132 valence electrons. The van der Waals surface area contributed by atoms with E-state index in [1.807, 2.05) is 6.20 Å². The molecule has 7 rings (SSSR count). The molecule has 3 heterocycles. The zero-order chi connectivity index (χ0) is 18.2. The van der Waals surface area contributed by atoms with E-state index in [1.165, 1.54) is 61.7 Å². The third kappa shape index (κ3) is 1.75. The number of hydrogen-bond donors (Lipinski definition) is 0. The normalized spacial score (nSPS) is 14.6. The molecule has 0 fully saturated rings. The largest absolute Gasteiger partial charge is 0.308 e. The molecule has 0 N–H and O–H groups in total. The van der Waals surface area contributed by atoms with Crippen molar-refractivity contribution in [3.8, 4) is 11.1 Å². The summed E-state index contributed by atoms with van der Waals surface area (Å²) < 4.78 is 0. The zero-order valence-corrected chi connectivity index (χ0v) is 15.4. The molecule has 0 saturated carbocycles. The average molecular weight is 358 g/mol. The molecule has 2 nitrogen and oxygen atoms in total. The summed E-state index contributed by atoms with van der Waals surface area (Å²) in [5, 5.41) is 0. The van der Waals surface area contributed by atoms with Gasteiger partial charge in [0.25, 0.3) is 0 Å². The number of para-hydroxylation sites is 1. The topological polar surface area (TPSA) is 16.1 Å². The number of nitrogens with zero attached hydrogens (tertiary/aromatic N) is 2. The lowest BCUT2D eigenvalue weighted by atomic mass is 9.86. The lowest BCUT2D eigenvalue weighted by molar-refractivity contribution is 0.961. The van der Waals surface area contributed by atoms with E-state index in [9.17, 15) is 0 Å². The second-order valence-corrected chi connectivity index (χ2v) is 8.01. The van der Waals surface area contributed by atoms with Crippen molar-refractivity contribution in [3.63, 3.8) is 0 Å². The maximum atomic E-state index is 4.82. The lowest BCUT2D eigenvalue weighted by Gasteiger charge is -2.39. The van der Waals surface area contributed by atoms with Crippen molar-refractivity contribution in [2.45, 2.75) is 19.3 Å². The summed E-state index contributed by atoms with van der Waals surface area (Å²) in [5.41, 5.74) is 15.1. The van der Waals surface area contributed by atoms with Gasteiger partial charge in [0.1, 0.15) is 0 Å². The minimum absolute atomic E-state index is 0.911. The fourth-order valence-corrected chi connectivity index (χ4v) is 5.39. The number of aromatic nitrogens is 1. The molecule has 0 saturated heterocycles. The molecule has 0 radical (unpaired) electrons. The van der Waals surface area contributed by atoms with Crippen LogP contribution in [0.1, 0.15) is 33.5 Å². The summed E-state index contributed by atoms with van der Waals surface area (Å²) >= 11 is 0. The second kappa shape index (κ2) is 5.11. The first-order chi connectivity index (χ1) is 13.9. The third-order valence-corrected chi connectivity index (χ3v) is 6.55. The van der Waals surface area contributed by atoms with Crippen molar-refractivity contribution in [1.29, 1.82) is 0 Å². The molecule has 0 unspecified atom stereocenters. The fourth-order valence-electron chi connectivity index (χ4n) is 5.39. The molecular formula is C26H18N2. The van der Waals surface area contributed by atoms with Gasteiger partial charge >= 0.3 is 0 Å². The first-order valence-electron chi connectivity index (χ1n) is 9.96. The minimum Gasteiger partial charge on any atom is -0.308 e. The van der Waals surface area contributed by atoms with Crippen LogP contribution in [0.25, 0.3) is 11.1 Å². The van der Waals surface area contributed by atoms with Gasteiger partial charge in [-0.15, -0.1) is 0 Å². The van der Waals surface area contributed by atoms with Crippen molar-refractivity contribution >= 4 is 17.1 Å². The number of fused-ring (bicyclic) bond motifs is 8. The fraction of sp³-hybridized carbons (Fsp3) is 0.115. The molecule has 1 aliphatic carbocycles. The molecule has 2 heteroatoms. The number of pyridine rings is 1. The van der Waals surface area contributed by atoms with Gasteiger partial charge in [-0.3, -0.25) is 4.98 Å². The van der Waals surface area contributed by atoms with E-state index in [0.29, 0.717) is 0 Å². The molecule has 0 bridgehead atoms. The Kier molecular flexibility index (Phi) is 2.67. The Morgan fingerprint density at radius 2 is 1.46 bits per heavy atom. The molecule has 0 amide bonds. The Balaban J connectivity index is 1.56. The summed E-state index contributed by atoms with van der Waals surface area (Å²) in [5.74, 6) is 0. The summed E-state index contributed by atoms with van der Waals surface area (Å²) in [4.78, 5) is 7.29. The Hall–Kier alpha value is -3.39. The van der Waals surface area contributed by atoms with E-state index >= 15 is 0 Å². The predicted molar refractivity (Wildman–Crippen MR) is 113 cm³/mol. The molecule has 4 aromatic rings. The van der Waals surface area contributed by atoms with Crippen LogP contribution in [0.2, 0.25) is 0 Å². The Morgan fingerprint density at radius 1 is 0.643 bits per heavy atom. The van der Waals surface area contributed by atoms with E-state index in [2.05, 4.69) is 71.6 Å². The summed E-state index contributed by atoms with van der Waals surface area (Å²) in [6.07, 6.45) is 4.92. The summed E-state index contributed by atoms with van der Waals surface area (Å²) in [7, 11) is 0. The molecular weight excluding hydrogens is 340 g/mol. The standard InChI is InChI=1S/C26H18N2/c1-3-7-20-16(5-1)13-18-9-10-24-21(25(18)20)15-22-26-19(11-12-27-22)14-17-6-2-4-8-23(17)28(24)26/h1-12H,13-15H2. The van der Waals surface area contributed by atoms with Crippen LogP contribution in [-0.2, 0) is 19.3 Å². The molecule has 0 atom stereocenters. The predicted octanol–water partition coefficient (Wildman–Crippen LogP) is 5.93. The van der Waals surface area contributed by atoms with Crippen molar-refractivity contribution in [3.05, 3.63) is 106 Å². The van der Waals surface area contributed by atoms with Crippen molar-refractivity contribution < 1.29 is 0 Å². The number of anilines is 3. The Labute approximate surface area is 164 Å². The average Bonchev–Trinajstić information content (AvgIpc) is 3.12. The van der Waals surface area contributed by atoms with Crippen LogP contribution < -0.4 is 4.90 Å². The van der Waals surface area contributed by atoms with Crippen molar-refractivity contribution in [2.75, 3.05) is 4.90 Å². The highest BCUT2D eigenvalue weighted by molar-refractivity contribution is 5.93. The van der Waals surface area contributed by atoms with Crippen LogP contribution >= 0.6 is 0 Å². The van der Waals surface area contributed by atoms with Gasteiger partial charge < -0.3 is 4.90 Å². The van der Waals surface area contributed by atoms with Crippen molar-refractivity contribution in [1.82, 2.24) is 4.98 Å². The number of rotatable bonds is 0. The molecule has 3 aromatic carbocycles. The summed E-state index contributed by atoms with van der Waals surface area (Å²) in [6, 6.07) is 24.5. The SMILES string of the molecule is c1ccc2c(c1)Cc1ccc3c(c1-2)Cc1nccc2c1N3c1ccccc1C2. The van der Waals surface area contributed by atoms with Crippen LogP contribution in [0, 0.1) is 0 Å². The van der Waals surface area contributed by atoms with Gasteiger partial charge in [-0.1, -0.05) is 48.5 Å². The second-order valence-electron chi connectivity index (χ2n) is 8.01. The van der Waals surface area contributed by atoms with E-state index in [-0.39, 0.29) is 0 Å². The van der Waals surface area contributed by atoms with Crippen LogP contribution in [0.5, 0.6) is 0 Å². The monoisotopic (exact) mass is 358 g/mol. The quantitative estimate of drug-likeness (QED) is 0.334. The van der Waals surface area contributed by atoms with Crippen LogP contribution in [0.15, 0.2) is 72.9 Å². The minimum atomic E-state index is 0.911. The Morgan fingerprint density at radius 3 is 2.43 bits per heavy atom. The number of hydrogen-bond acceptors (Lipinski definition) is 2. The van der Waals surface area contributed by atoms with Gasteiger partial charge in [0.15, 0.2) is 0 Å². The van der Waals surface area contributed by atoms with Crippen LogP contribution in [-0.4, -0.2) is 4.98 Å². The van der Waals surface area contributed by atoms with Gasteiger partial charge in [0.2, 0.25) is 0 Å². The van der Waals surface area contributed by atoms with Gasteiger partial charge in [0, 0.05) is 24.7 Å². The van der Waals surface area contributed by atoms with Crippen LogP contribution in [0.4, 0.5) is 17.1 Å². The summed E-state index contributed by atoms with van der Waals surface area (Å²) in [6.45, 7) is 0. The van der Waals surface area contributed by atoms with E-state index in [1.54, 1.807) is 0 Å². The highest BCUT2D eigenvalue weighted by Gasteiger charge is 2.35. The third-order valence-electron chi connectivity index (χ3n) is 6.55. The van der Waals surface area contributed by atoms with E-state index < -0.39 is 0 Å². The van der Waals surface area contributed by atoms with E-state index in [0.717, 1.165) is 19.3 Å². The highest BCUT2D eigenvalue weighted by atomic mass is 15.2. The zero-order valence-electron chi connectivity index (χ0n) is 15.4. The van der Waals surface area contributed by atoms with Crippen LogP contribution in [0.3, 0.4) is 0 Å². The first-order valence-corrected chi connectivity index (χ1v) is 9.96. The molecule has 28 heavy (non-hydrogen) atoms. The Bertz CT molecular complexity index is 1300. The van der Waals surface area contributed by atoms with Gasteiger partial charge in [0.05, 0.1) is 17.1 Å². The molecule has 1 aromatic heterocycles. The van der Waals surface area contributed by atoms with Gasteiger partial charge in [-0.05, 0) is 63.6 Å². The molecule has 2 aliphatic heterocycles. The van der Waals surface area contributed by atoms with Gasteiger partial charge in [-0.2, -0.15) is 0 Å². The van der Waals surface area contributed by atoms with Crippen molar-refractivity contribution in [2.24, 2.45) is 0 Å². The smallest absolute Gasteiger partial charge is 0.0716 e. The maximum absolute atomic E-state index is 4.82. The lowest BCUT2D eigenvalue weighted by Crippen LogP contribution is -2.25. The molecule has 3 aliphatic rings. The number of benzene rings is 3. The first kappa shape index (κ1) is 14.6. The van der Waals surface area contributed by atoms with E-state index in [4.69, 9.17) is 4.98 Å². The molecule has 0 spiro atoms. The van der Waals surface area contributed by atoms with Gasteiger partial charge in [-0.25, -0.2) is 0 Å².